The van der Waals surface area contributed by atoms with Crippen LogP contribution in [0.4, 0.5) is 5.95 Å². The smallest absolute Gasteiger partial charge is 0.247 e. The molecule has 1 aromatic carbocycles. The number of fused-ring (bicyclic) bond motifs is 1. The van der Waals surface area contributed by atoms with Crippen LogP contribution >= 0.6 is 15.9 Å². The van der Waals surface area contributed by atoms with Gasteiger partial charge < -0.3 is 20.8 Å². The topological polar surface area (TPSA) is 150 Å². The molecule has 4 aromatic rings. The van der Waals surface area contributed by atoms with E-state index in [1.54, 1.807) is 24.9 Å². The summed E-state index contributed by atoms with van der Waals surface area (Å²) in [6, 6.07) is 6.00. The van der Waals surface area contributed by atoms with E-state index in [2.05, 4.69) is 46.8 Å². The molecule has 1 amide bonds. The minimum atomic E-state index is -0.390. The lowest BCUT2D eigenvalue weighted by molar-refractivity contribution is -0.129. The van der Waals surface area contributed by atoms with Crippen LogP contribution in [0.3, 0.4) is 0 Å². The number of halogens is 1. The lowest BCUT2D eigenvalue weighted by Gasteiger charge is -2.22. The Labute approximate surface area is 216 Å². The Hall–Kier alpha value is -3.38. The molecule has 1 aliphatic carbocycles. The van der Waals surface area contributed by atoms with Crippen molar-refractivity contribution in [3.05, 3.63) is 40.5 Å². The van der Waals surface area contributed by atoms with Gasteiger partial charge in [0.25, 0.3) is 0 Å². The van der Waals surface area contributed by atoms with Crippen molar-refractivity contribution >= 4 is 38.8 Å². The van der Waals surface area contributed by atoms with Crippen molar-refractivity contribution in [3.8, 4) is 17.1 Å². The Morgan fingerprint density at radius 1 is 1.36 bits per heavy atom. The lowest BCUT2D eigenvalue weighted by atomic mass is 9.87. The van der Waals surface area contributed by atoms with Gasteiger partial charge in [0.05, 0.1) is 11.1 Å². The molecule has 36 heavy (non-hydrogen) atoms. The number of amides is 1. The number of aromatic nitrogens is 6. The second kappa shape index (κ2) is 9.58. The molecule has 1 aliphatic rings. The van der Waals surface area contributed by atoms with Crippen LogP contribution in [0, 0.1) is 12.3 Å². The van der Waals surface area contributed by atoms with E-state index >= 15 is 0 Å². The summed E-state index contributed by atoms with van der Waals surface area (Å²) < 4.78 is 8.07. The molecule has 11 nitrogen and oxygen atoms in total. The first-order chi connectivity index (χ1) is 17.3. The quantitative estimate of drug-likeness (QED) is 0.313. The zero-order valence-corrected chi connectivity index (χ0v) is 22.0. The number of anilines is 1. The number of benzene rings is 1. The molecular formula is C24H28BrN9O2. The lowest BCUT2D eigenvalue weighted by Crippen LogP contribution is -2.35. The number of rotatable bonds is 7. The molecule has 12 heteroatoms. The number of carbonyl (C=O) groups is 1. The molecule has 5 rings (SSSR count). The maximum absolute atomic E-state index is 12.3. The minimum Gasteiger partial charge on any atom is -0.421 e. The summed E-state index contributed by atoms with van der Waals surface area (Å²) in [5.41, 5.74) is 8.81. The number of hydrogen-bond acceptors (Lipinski definition) is 9. The first-order valence-electron chi connectivity index (χ1n) is 11.8. The number of carbonyl (C=O) groups excluding carboxylic acids is 1. The number of aryl methyl sites for hydroxylation is 1. The highest BCUT2D eigenvalue weighted by molar-refractivity contribution is 9.10. The Morgan fingerprint density at radius 2 is 2.19 bits per heavy atom. The van der Waals surface area contributed by atoms with Crippen LogP contribution in [0.2, 0.25) is 0 Å². The molecule has 3 heterocycles. The zero-order valence-electron chi connectivity index (χ0n) is 20.4. The molecular weight excluding hydrogens is 526 g/mol. The fourth-order valence-corrected chi connectivity index (χ4v) is 5.30. The predicted octanol–water partition coefficient (Wildman–Crippen LogP) is 3.15. The monoisotopic (exact) mass is 553 g/mol. The average molecular weight is 554 g/mol. The van der Waals surface area contributed by atoms with Crippen molar-refractivity contribution in [1.82, 2.24) is 35.3 Å². The van der Waals surface area contributed by atoms with Crippen LogP contribution in [0.25, 0.3) is 28.2 Å². The van der Waals surface area contributed by atoms with Crippen LogP contribution in [-0.2, 0) is 11.2 Å². The fourth-order valence-electron chi connectivity index (χ4n) is 4.86. The van der Waals surface area contributed by atoms with Gasteiger partial charge in [-0.05, 0) is 71.9 Å². The van der Waals surface area contributed by atoms with Crippen molar-refractivity contribution in [2.45, 2.75) is 45.6 Å². The SMILES string of the molecule is CNC(=O)[C@]1(C)CC[C@@H](Nc2ncc3c(Br)nn(-c4ccc(-c5nnc(C)o5)c(CCN)c4)c3n2)C1. The number of nitrogens with one attached hydrogen (secondary N) is 2. The van der Waals surface area contributed by atoms with Crippen LogP contribution in [0.1, 0.15) is 37.6 Å². The highest BCUT2D eigenvalue weighted by atomic mass is 79.9. The van der Waals surface area contributed by atoms with Crippen molar-refractivity contribution in [2.75, 3.05) is 18.9 Å². The van der Waals surface area contributed by atoms with E-state index in [-0.39, 0.29) is 17.4 Å². The summed E-state index contributed by atoms with van der Waals surface area (Å²) in [6.45, 7) is 4.23. The molecule has 0 aliphatic heterocycles. The van der Waals surface area contributed by atoms with Crippen LogP contribution in [-0.4, -0.2) is 55.5 Å². The minimum absolute atomic E-state index is 0.0672. The Balaban J connectivity index is 1.48. The van der Waals surface area contributed by atoms with Gasteiger partial charge in [-0.3, -0.25) is 4.79 Å². The van der Waals surface area contributed by atoms with Gasteiger partial charge in [0.1, 0.15) is 4.60 Å². The molecule has 0 unspecified atom stereocenters. The summed E-state index contributed by atoms with van der Waals surface area (Å²) in [5, 5.41) is 19.8. The standard InChI is InChI=1S/C24H28BrN9O2/c1-13-31-32-21(36-13)17-5-4-16(10-14(17)7-9-26)34-20-18(19(25)33-34)12-28-23(30-20)29-15-6-8-24(2,11-15)22(35)27-3/h4-5,10,12,15H,6-9,11,26H2,1-3H3,(H,27,35)(H,28,29,30)/t15-,24-/m1/s1. The molecule has 0 spiro atoms. The van der Waals surface area contributed by atoms with E-state index in [1.165, 1.54) is 0 Å². The molecule has 0 bridgehead atoms. The molecule has 4 N–H and O–H groups in total. The third kappa shape index (κ3) is 4.46. The average Bonchev–Trinajstić information content (AvgIpc) is 3.56. The highest BCUT2D eigenvalue weighted by Crippen LogP contribution is 2.39. The summed E-state index contributed by atoms with van der Waals surface area (Å²) >= 11 is 3.54. The van der Waals surface area contributed by atoms with Crippen molar-refractivity contribution < 1.29 is 9.21 Å². The number of nitrogens with two attached hydrogens (primary N) is 1. The van der Waals surface area contributed by atoms with Crippen LogP contribution in [0.5, 0.6) is 0 Å². The van der Waals surface area contributed by atoms with E-state index in [1.807, 2.05) is 25.1 Å². The first kappa shape index (κ1) is 24.3. The molecule has 0 radical (unpaired) electrons. The first-order valence-corrected chi connectivity index (χ1v) is 12.6. The van der Waals surface area contributed by atoms with Gasteiger partial charge in [0, 0.05) is 37.2 Å². The largest absolute Gasteiger partial charge is 0.421 e. The van der Waals surface area contributed by atoms with Gasteiger partial charge >= 0.3 is 0 Å². The molecule has 188 valence electrons. The van der Waals surface area contributed by atoms with E-state index in [0.29, 0.717) is 40.9 Å². The van der Waals surface area contributed by atoms with Gasteiger partial charge in [-0.15, -0.1) is 10.2 Å². The van der Waals surface area contributed by atoms with Crippen LogP contribution < -0.4 is 16.4 Å². The molecule has 3 aromatic heterocycles. The number of hydrogen-bond donors (Lipinski definition) is 3. The van der Waals surface area contributed by atoms with Gasteiger partial charge in [0.15, 0.2) is 5.65 Å². The maximum atomic E-state index is 12.3. The number of nitrogens with zero attached hydrogens (tertiary/aromatic N) is 6. The third-order valence-electron chi connectivity index (χ3n) is 6.73. The fraction of sp³-hybridized carbons (Fsp3) is 0.417. The van der Waals surface area contributed by atoms with Crippen molar-refractivity contribution in [1.29, 1.82) is 0 Å². The van der Waals surface area contributed by atoms with Crippen molar-refractivity contribution in [2.24, 2.45) is 11.1 Å². The predicted molar refractivity (Wildman–Crippen MR) is 139 cm³/mol. The highest BCUT2D eigenvalue weighted by Gasteiger charge is 2.41. The summed E-state index contributed by atoms with van der Waals surface area (Å²) in [5.74, 6) is 1.53. The van der Waals surface area contributed by atoms with E-state index in [0.717, 1.165) is 41.5 Å². The summed E-state index contributed by atoms with van der Waals surface area (Å²) in [4.78, 5) is 21.6. The Kier molecular flexibility index (Phi) is 6.47. The maximum Gasteiger partial charge on any atom is 0.247 e. The molecule has 0 saturated heterocycles. The Bertz CT molecular complexity index is 1430. The molecule has 2 atom stereocenters. The second-order valence-corrected chi connectivity index (χ2v) is 10.1. The third-order valence-corrected chi connectivity index (χ3v) is 7.32. The normalized spacial score (nSPS) is 19.6. The van der Waals surface area contributed by atoms with Gasteiger partial charge in [0.2, 0.25) is 23.6 Å². The van der Waals surface area contributed by atoms with E-state index in [9.17, 15) is 4.79 Å². The molecule has 1 saturated carbocycles. The second-order valence-electron chi connectivity index (χ2n) is 9.36. The van der Waals surface area contributed by atoms with E-state index in [4.69, 9.17) is 15.1 Å². The molecule has 1 fully saturated rings. The van der Waals surface area contributed by atoms with Crippen molar-refractivity contribution in [3.63, 3.8) is 0 Å². The van der Waals surface area contributed by atoms with Crippen LogP contribution in [0.15, 0.2) is 33.4 Å². The van der Waals surface area contributed by atoms with Gasteiger partial charge in [-0.1, -0.05) is 6.92 Å². The Morgan fingerprint density at radius 3 is 2.92 bits per heavy atom. The van der Waals surface area contributed by atoms with E-state index < -0.39 is 0 Å². The zero-order chi connectivity index (χ0) is 25.4. The summed E-state index contributed by atoms with van der Waals surface area (Å²) in [6.07, 6.45) is 4.79. The van der Waals surface area contributed by atoms with Gasteiger partial charge in [-0.25, -0.2) is 9.67 Å². The summed E-state index contributed by atoms with van der Waals surface area (Å²) in [7, 11) is 1.68. The van der Waals surface area contributed by atoms with Gasteiger partial charge in [-0.2, -0.15) is 10.1 Å².